The van der Waals surface area contributed by atoms with Crippen molar-refractivity contribution >= 4 is 17.9 Å². The lowest BCUT2D eigenvalue weighted by molar-refractivity contribution is 0.00878. The Morgan fingerprint density at radius 1 is 1.48 bits per heavy atom. The minimum absolute atomic E-state index is 0.0872. The van der Waals surface area contributed by atoms with Crippen molar-refractivity contribution in [2.24, 2.45) is 0 Å². The summed E-state index contributed by atoms with van der Waals surface area (Å²) in [5, 5.41) is 4.94. The zero-order valence-electron chi connectivity index (χ0n) is 13.7. The number of amides is 1. The molecule has 0 saturated carbocycles. The van der Waals surface area contributed by atoms with Gasteiger partial charge in [-0.3, -0.25) is 9.58 Å². The molecule has 5 nitrogen and oxygen atoms in total. The Balaban J connectivity index is 2.18. The number of thioether (sulfide) groups is 1. The molecule has 1 atom stereocenters. The van der Waals surface area contributed by atoms with E-state index in [1.807, 2.05) is 38.6 Å². The van der Waals surface area contributed by atoms with Crippen molar-refractivity contribution in [3.05, 3.63) is 11.9 Å². The lowest BCUT2D eigenvalue weighted by Gasteiger charge is -2.35. The van der Waals surface area contributed by atoms with Crippen molar-refractivity contribution < 1.29 is 9.53 Å². The molecule has 0 N–H and O–H groups in total. The predicted molar refractivity (Wildman–Crippen MR) is 84.5 cm³/mol. The summed E-state index contributed by atoms with van der Waals surface area (Å²) in [4.78, 5) is 15.3. The van der Waals surface area contributed by atoms with E-state index in [2.05, 4.69) is 18.9 Å². The van der Waals surface area contributed by atoms with E-state index < -0.39 is 5.60 Å². The molecule has 0 aromatic carbocycles. The van der Waals surface area contributed by atoms with Gasteiger partial charge in [0.05, 0.1) is 35.9 Å². The maximum absolute atomic E-state index is 12.4. The fourth-order valence-electron chi connectivity index (χ4n) is 2.29. The summed E-state index contributed by atoms with van der Waals surface area (Å²) in [6, 6.07) is 0.0872. The third-order valence-electron chi connectivity index (χ3n) is 3.19. The first-order valence-corrected chi connectivity index (χ1v) is 8.26. The van der Waals surface area contributed by atoms with Crippen molar-refractivity contribution in [1.82, 2.24) is 14.7 Å². The summed E-state index contributed by atoms with van der Waals surface area (Å²) in [5.74, 6) is 0. The third-order valence-corrected chi connectivity index (χ3v) is 4.26. The summed E-state index contributed by atoms with van der Waals surface area (Å²) in [6.07, 6.45) is 1.66. The van der Waals surface area contributed by atoms with Gasteiger partial charge in [-0.25, -0.2) is 4.79 Å². The highest BCUT2D eigenvalue weighted by Crippen LogP contribution is 2.31. The van der Waals surface area contributed by atoms with Crippen LogP contribution in [0.15, 0.2) is 11.1 Å². The standard InChI is InChI=1S/C15H25N3O2S/c1-10(2)21-13-7-16-18-8-11(3)17(9-12(13)18)14(19)20-15(4,5)6/h7,10-11H,8-9H2,1-6H3/t11-/m0/s1. The number of hydrogen-bond acceptors (Lipinski definition) is 4. The predicted octanol–water partition coefficient (Wildman–Crippen LogP) is 3.52. The van der Waals surface area contributed by atoms with E-state index in [1.54, 1.807) is 16.7 Å². The first-order chi connectivity index (χ1) is 9.67. The number of hydrogen-bond donors (Lipinski definition) is 0. The molecule has 0 unspecified atom stereocenters. The molecule has 6 heteroatoms. The summed E-state index contributed by atoms with van der Waals surface area (Å²) < 4.78 is 7.52. The molecule has 0 saturated heterocycles. The van der Waals surface area contributed by atoms with Gasteiger partial charge in [0, 0.05) is 5.25 Å². The second-order valence-corrected chi connectivity index (χ2v) is 8.38. The second-order valence-electron chi connectivity index (χ2n) is 6.76. The average molecular weight is 311 g/mol. The second kappa shape index (κ2) is 5.91. The average Bonchev–Trinajstić information content (AvgIpc) is 2.67. The van der Waals surface area contributed by atoms with Gasteiger partial charge in [-0.05, 0) is 27.7 Å². The maximum atomic E-state index is 12.4. The van der Waals surface area contributed by atoms with E-state index in [-0.39, 0.29) is 12.1 Å². The number of rotatable bonds is 2. The van der Waals surface area contributed by atoms with E-state index in [0.717, 1.165) is 10.6 Å². The minimum atomic E-state index is -0.468. The van der Waals surface area contributed by atoms with Crippen molar-refractivity contribution in [1.29, 1.82) is 0 Å². The third kappa shape index (κ3) is 3.93. The van der Waals surface area contributed by atoms with Gasteiger partial charge < -0.3 is 4.74 Å². The van der Waals surface area contributed by atoms with Crippen LogP contribution >= 0.6 is 11.8 Å². The van der Waals surface area contributed by atoms with Crippen molar-refractivity contribution in [3.8, 4) is 0 Å². The highest BCUT2D eigenvalue weighted by atomic mass is 32.2. The number of carbonyl (C=O) groups is 1. The van der Waals surface area contributed by atoms with Crippen LogP contribution in [0, 0.1) is 0 Å². The molecule has 2 rings (SSSR count). The monoisotopic (exact) mass is 311 g/mol. The normalized spacial score (nSPS) is 18.8. The van der Waals surface area contributed by atoms with Gasteiger partial charge in [-0.15, -0.1) is 11.8 Å². The Bertz CT molecular complexity index is 519. The fourth-order valence-corrected chi connectivity index (χ4v) is 3.22. The number of carbonyl (C=O) groups excluding carboxylic acids is 1. The summed E-state index contributed by atoms with van der Waals surface area (Å²) in [6.45, 7) is 13.3. The molecule has 0 fully saturated rings. The van der Waals surface area contributed by atoms with Gasteiger partial charge in [0.2, 0.25) is 0 Å². The van der Waals surface area contributed by atoms with Gasteiger partial charge >= 0.3 is 6.09 Å². The molecule has 21 heavy (non-hydrogen) atoms. The molecular weight excluding hydrogens is 286 g/mol. The summed E-state index contributed by atoms with van der Waals surface area (Å²) in [5.41, 5.74) is 0.641. The number of aromatic nitrogens is 2. The van der Waals surface area contributed by atoms with Crippen LogP contribution in [0.1, 0.15) is 47.2 Å². The summed E-state index contributed by atoms with van der Waals surface area (Å²) >= 11 is 1.79. The SMILES string of the molecule is CC(C)Sc1cnn2c1CN(C(=O)OC(C)(C)C)[C@@H](C)C2. The molecule has 1 aromatic rings. The van der Waals surface area contributed by atoms with E-state index >= 15 is 0 Å². The van der Waals surface area contributed by atoms with E-state index in [1.165, 1.54) is 0 Å². The van der Waals surface area contributed by atoms with Crippen LogP contribution in [0.3, 0.4) is 0 Å². The molecule has 1 aliphatic heterocycles. The Morgan fingerprint density at radius 3 is 2.71 bits per heavy atom. The van der Waals surface area contributed by atoms with Gasteiger partial charge in [0.1, 0.15) is 5.60 Å². The lowest BCUT2D eigenvalue weighted by Crippen LogP contribution is -2.47. The molecule has 0 aliphatic carbocycles. The number of fused-ring (bicyclic) bond motifs is 1. The molecule has 0 spiro atoms. The zero-order chi connectivity index (χ0) is 15.8. The smallest absolute Gasteiger partial charge is 0.410 e. The highest BCUT2D eigenvalue weighted by molar-refractivity contribution is 8.00. The van der Waals surface area contributed by atoms with E-state index in [9.17, 15) is 4.79 Å². The van der Waals surface area contributed by atoms with E-state index in [4.69, 9.17) is 4.74 Å². The topological polar surface area (TPSA) is 47.4 Å². The minimum Gasteiger partial charge on any atom is -0.444 e. The Hall–Kier alpha value is -1.17. The zero-order valence-corrected chi connectivity index (χ0v) is 14.5. The molecule has 0 bridgehead atoms. The largest absolute Gasteiger partial charge is 0.444 e. The van der Waals surface area contributed by atoms with Crippen LogP contribution in [-0.2, 0) is 17.8 Å². The van der Waals surface area contributed by atoms with Crippen LogP contribution in [0.25, 0.3) is 0 Å². The summed E-state index contributed by atoms with van der Waals surface area (Å²) in [7, 11) is 0. The Kier molecular flexibility index (Phi) is 4.56. The molecule has 1 aliphatic rings. The van der Waals surface area contributed by atoms with E-state index in [0.29, 0.717) is 18.3 Å². The quantitative estimate of drug-likeness (QED) is 0.784. The lowest BCUT2D eigenvalue weighted by atomic mass is 10.2. The number of ether oxygens (including phenoxy) is 1. The van der Waals surface area contributed by atoms with Gasteiger partial charge in [0.15, 0.2) is 0 Å². The van der Waals surface area contributed by atoms with Crippen LogP contribution < -0.4 is 0 Å². The van der Waals surface area contributed by atoms with Crippen LogP contribution in [-0.4, -0.2) is 37.7 Å². The molecular formula is C15H25N3O2S. The van der Waals surface area contributed by atoms with Gasteiger partial charge in [-0.1, -0.05) is 13.8 Å². The molecule has 0 radical (unpaired) electrons. The first-order valence-electron chi connectivity index (χ1n) is 7.38. The van der Waals surface area contributed by atoms with Crippen molar-refractivity contribution in [3.63, 3.8) is 0 Å². The van der Waals surface area contributed by atoms with Crippen molar-refractivity contribution in [2.75, 3.05) is 0 Å². The number of nitrogens with zero attached hydrogens (tertiary/aromatic N) is 3. The van der Waals surface area contributed by atoms with Crippen molar-refractivity contribution in [2.45, 2.75) is 76.4 Å². The van der Waals surface area contributed by atoms with Gasteiger partial charge in [0.25, 0.3) is 0 Å². The highest BCUT2D eigenvalue weighted by Gasteiger charge is 2.32. The van der Waals surface area contributed by atoms with Crippen LogP contribution in [0.2, 0.25) is 0 Å². The molecule has 2 heterocycles. The van der Waals surface area contributed by atoms with Crippen LogP contribution in [0.4, 0.5) is 4.79 Å². The molecule has 118 valence electrons. The maximum Gasteiger partial charge on any atom is 0.410 e. The van der Waals surface area contributed by atoms with Gasteiger partial charge in [-0.2, -0.15) is 5.10 Å². The fraction of sp³-hybridized carbons (Fsp3) is 0.733. The Labute approximate surface area is 131 Å². The molecule has 1 aromatic heterocycles. The first kappa shape index (κ1) is 16.2. The van der Waals surface area contributed by atoms with Crippen LogP contribution in [0.5, 0.6) is 0 Å². The molecule has 1 amide bonds. The Morgan fingerprint density at radius 2 is 2.14 bits per heavy atom.